The van der Waals surface area contributed by atoms with Gasteiger partial charge in [-0.1, -0.05) is 30.3 Å². The Morgan fingerprint density at radius 1 is 1.20 bits per heavy atom. The molecule has 0 radical (unpaired) electrons. The van der Waals surface area contributed by atoms with Crippen LogP contribution < -0.4 is 0 Å². The van der Waals surface area contributed by atoms with Gasteiger partial charge in [0.25, 0.3) is 0 Å². The summed E-state index contributed by atoms with van der Waals surface area (Å²) in [6, 6.07) is 11.2. The first-order chi connectivity index (χ1) is 16.7. The number of amides is 2. The lowest BCUT2D eigenvalue weighted by Gasteiger charge is -2.44. The number of carbonyl (C=O) groups excluding carboxylic acids is 1. The molecule has 4 rings (SSSR count). The molecule has 0 aromatic heterocycles. The van der Waals surface area contributed by atoms with Crippen molar-refractivity contribution in [3.05, 3.63) is 77.4 Å². The number of likely N-dealkylation sites (tertiary alicyclic amines) is 1. The molecule has 2 amide bonds. The Balaban J connectivity index is 1.70. The third kappa shape index (κ3) is 4.69. The maximum absolute atomic E-state index is 15.2. The molecular formula is C27H32F3N3O2. The molecule has 2 aliphatic heterocycles. The fourth-order valence-electron chi connectivity index (χ4n) is 5.21. The summed E-state index contributed by atoms with van der Waals surface area (Å²) in [5.74, 6) is -1.22. The van der Waals surface area contributed by atoms with E-state index in [0.717, 1.165) is 18.2 Å². The van der Waals surface area contributed by atoms with Crippen LogP contribution in [0.1, 0.15) is 31.4 Å². The maximum Gasteiger partial charge on any atom is 0.321 e. The number of alkyl halides is 1. The molecule has 0 bridgehead atoms. The van der Waals surface area contributed by atoms with Crippen molar-refractivity contribution in [3.63, 3.8) is 0 Å². The minimum absolute atomic E-state index is 0.0327. The second kappa shape index (κ2) is 10.0. The van der Waals surface area contributed by atoms with Crippen LogP contribution in [0, 0.1) is 11.6 Å². The molecule has 0 aliphatic carbocycles. The van der Waals surface area contributed by atoms with E-state index in [1.807, 2.05) is 24.8 Å². The zero-order chi connectivity index (χ0) is 25.3. The fraction of sp³-hybridized carbons (Fsp3) is 0.444. The Labute approximate surface area is 204 Å². The number of piperidine rings is 1. The summed E-state index contributed by atoms with van der Waals surface area (Å²) in [5.41, 5.74) is -0.258. The Morgan fingerprint density at radius 2 is 1.91 bits per heavy atom. The van der Waals surface area contributed by atoms with Gasteiger partial charge in [0.15, 0.2) is 0 Å². The molecule has 2 aliphatic rings. The number of nitrogens with zero attached hydrogens (tertiary/aromatic N) is 3. The molecule has 2 aromatic carbocycles. The van der Waals surface area contributed by atoms with Crippen molar-refractivity contribution in [2.45, 2.75) is 44.1 Å². The van der Waals surface area contributed by atoms with Crippen LogP contribution in [0.4, 0.5) is 18.0 Å². The predicted molar refractivity (Wildman–Crippen MR) is 129 cm³/mol. The topological polar surface area (TPSA) is 47.0 Å². The zero-order valence-electron chi connectivity index (χ0n) is 20.3. The summed E-state index contributed by atoms with van der Waals surface area (Å²) in [7, 11) is 1.57. The zero-order valence-corrected chi connectivity index (χ0v) is 20.3. The minimum Gasteiger partial charge on any atom is -0.393 e. The van der Waals surface area contributed by atoms with Crippen molar-refractivity contribution in [2.24, 2.45) is 0 Å². The van der Waals surface area contributed by atoms with E-state index in [4.69, 9.17) is 0 Å². The van der Waals surface area contributed by atoms with Crippen LogP contribution in [0.3, 0.4) is 0 Å². The SMILES string of the molecule is CC(C)N1CC[C@@H](N(C)C(=O)N2CC(c3cc(F)ccc3F)=C[C@@]2(CO)c2ccccc2)[C@@H](F)C1. The van der Waals surface area contributed by atoms with Gasteiger partial charge in [0.05, 0.1) is 12.6 Å². The van der Waals surface area contributed by atoms with Crippen LogP contribution in [0.15, 0.2) is 54.6 Å². The number of rotatable bonds is 5. The summed E-state index contributed by atoms with van der Waals surface area (Å²) in [4.78, 5) is 18.7. The van der Waals surface area contributed by atoms with Crippen LogP contribution in [-0.2, 0) is 5.54 Å². The first kappa shape index (κ1) is 25.3. The van der Waals surface area contributed by atoms with Crippen molar-refractivity contribution < 1.29 is 23.1 Å². The Kier molecular flexibility index (Phi) is 7.24. The van der Waals surface area contributed by atoms with E-state index in [1.54, 1.807) is 37.4 Å². The quantitative estimate of drug-likeness (QED) is 0.679. The van der Waals surface area contributed by atoms with Crippen molar-refractivity contribution >= 4 is 11.6 Å². The number of carbonyl (C=O) groups is 1. The molecule has 8 heteroatoms. The van der Waals surface area contributed by atoms with Crippen LogP contribution in [0.25, 0.3) is 5.57 Å². The normalized spacial score (nSPS) is 25.1. The van der Waals surface area contributed by atoms with Gasteiger partial charge in [-0.25, -0.2) is 18.0 Å². The highest BCUT2D eigenvalue weighted by Crippen LogP contribution is 2.41. The van der Waals surface area contributed by atoms with E-state index in [-0.39, 0.29) is 24.7 Å². The van der Waals surface area contributed by atoms with Gasteiger partial charge in [0, 0.05) is 38.3 Å². The molecule has 0 saturated carbocycles. The number of halogens is 3. The first-order valence-corrected chi connectivity index (χ1v) is 11.9. The summed E-state index contributed by atoms with van der Waals surface area (Å²) in [6.45, 7) is 4.41. The number of aliphatic hydroxyl groups excluding tert-OH is 1. The standard InChI is InChI=1S/C27H32F3N3O2/c1-18(2)32-12-11-25(24(30)16-32)31(3)26(35)33-15-19(22-13-21(28)9-10-23(22)29)14-27(33,17-34)20-7-5-4-6-8-20/h4-10,13-14,18,24-25,34H,11-12,15-17H2,1-3H3/t24-,25+,27+/m0/s1. The van der Waals surface area contributed by atoms with Crippen LogP contribution >= 0.6 is 0 Å². The highest BCUT2D eigenvalue weighted by molar-refractivity contribution is 5.83. The predicted octanol–water partition coefficient (Wildman–Crippen LogP) is 4.42. The molecule has 1 fully saturated rings. The average molecular weight is 488 g/mol. The second-order valence-corrected chi connectivity index (χ2v) is 9.68. The average Bonchev–Trinajstić information content (AvgIpc) is 3.26. The van der Waals surface area contributed by atoms with E-state index < -0.39 is 42.0 Å². The highest BCUT2D eigenvalue weighted by Gasteiger charge is 2.47. The van der Waals surface area contributed by atoms with E-state index in [0.29, 0.717) is 24.1 Å². The summed E-state index contributed by atoms with van der Waals surface area (Å²) in [6.07, 6.45) is 0.877. The van der Waals surface area contributed by atoms with E-state index in [9.17, 15) is 18.7 Å². The first-order valence-electron chi connectivity index (χ1n) is 11.9. The summed E-state index contributed by atoms with van der Waals surface area (Å²) >= 11 is 0. The van der Waals surface area contributed by atoms with Crippen LogP contribution in [0.5, 0.6) is 0 Å². The summed E-state index contributed by atoms with van der Waals surface area (Å²) in [5, 5.41) is 10.6. The number of aliphatic hydroxyl groups is 1. The smallest absolute Gasteiger partial charge is 0.321 e. The Bertz CT molecular complexity index is 1090. The number of benzene rings is 2. The third-order valence-corrected chi connectivity index (χ3v) is 7.31. The van der Waals surface area contributed by atoms with Gasteiger partial charge in [0.1, 0.15) is 23.3 Å². The molecule has 2 heterocycles. The summed E-state index contributed by atoms with van der Waals surface area (Å²) < 4.78 is 43.8. The number of hydrogen-bond donors (Lipinski definition) is 1. The van der Waals surface area contributed by atoms with Gasteiger partial charge < -0.3 is 14.9 Å². The molecule has 35 heavy (non-hydrogen) atoms. The Hall–Kier alpha value is -2.84. The molecule has 1 N–H and O–H groups in total. The van der Waals surface area contributed by atoms with Crippen molar-refractivity contribution in [1.29, 1.82) is 0 Å². The lowest BCUT2D eigenvalue weighted by molar-refractivity contribution is 0.0272. The van der Waals surface area contributed by atoms with Gasteiger partial charge in [-0.15, -0.1) is 0 Å². The Morgan fingerprint density at radius 3 is 2.54 bits per heavy atom. The van der Waals surface area contributed by atoms with Crippen molar-refractivity contribution in [1.82, 2.24) is 14.7 Å². The van der Waals surface area contributed by atoms with Gasteiger partial charge in [-0.2, -0.15) is 0 Å². The van der Waals surface area contributed by atoms with Gasteiger partial charge in [-0.3, -0.25) is 4.90 Å². The molecule has 3 atom stereocenters. The van der Waals surface area contributed by atoms with E-state index >= 15 is 4.39 Å². The van der Waals surface area contributed by atoms with Crippen LogP contribution in [-0.4, -0.2) is 77.4 Å². The molecule has 0 unspecified atom stereocenters. The number of urea groups is 1. The molecular weight excluding hydrogens is 455 g/mol. The molecule has 5 nitrogen and oxygen atoms in total. The second-order valence-electron chi connectivity index (χ2n) is 9.68. The fourth-order valence-corrected chi connectivity index (χ4v) is 5.21. The molecule has 1 saturated heterocycles. The largest absolute Gasteiger partial charge is 0.393 e. The third-order valence-electron chi connectivity index (χ3n) is 7.31. The van der Waals surface area contributed by atoms with Gasteiger partial charge in [-0.05, 0) is 55.7 Å². The van der Waals surface area contributed by atoms with Crippen molar-refractivity contribution in [3.8, 4) is 0 Å². The highest BCUT2D eigenvalue weighted by atomic mass is 19.1. The minimum atomic E-state index is -1.30. The van der Waals surface area contributed by atoms with Crippen molar-refractivity contribution in [2.75, 3.05) is 33.3 Å². The number of hydrogen-bond acceptors (Lipinski definition) is 3. The van der Waals surface area contributed by atoms with Crippen LogP contribution in [0.2, 0.25) is 0 Å². The van der Waals surface area contributed by atoms with Gasteiger partial charge in [0.2, 0.25) is 0 Å². The molecule has 0 spiro atoms. The molecule has 188 valence electrons. The maximum atomic E-state index is 15.2. The van der Waals surface area contributed by atoms with Gasteiger partial charge >= 0.3 is 6.03 Å². The lowest BCUT2D eigenvalue weighted by atomic mass is 9.89. The monoisotopic (exact) mass is 487 g/mol. The van der Waals surface area contributed by atoms with E-state index in [1.165, 1.54) is 9.80 Å². The van der Waals surface area contributed by atoms with E-state index in [2.05, 4.69) is 0 Å². The lowest BCUT2D eigenvalue weighted by Crippen LogP contribution is -2.59. The molecule has 2 aromatic rings.